The Hall–Kier alpha value is -1.39. The maximum atomic E-state index is 12.0. The first kappa shape index (κ1) is 23.6. The molecule has 1 aromatic heterocycles. The van der Waals surface area contributed by atoms with Gasteiger partial charge in [0.25, 0.3) is 0 Å². The van der Waals surface area contributed by atoms with Crippen LogP contribution in [0.5, 0.6) is 0 Å². The van der Waals surface area contributed by atoms with Crippen LogP contribution in [0.4, 0.5) is 5.82 Å². The average Bonchev–Trinajstić information content (AvgIpc) is 2.88. The minimum Gasteiger partial charge on any atom is -0.458 e. The number of aliphatic hydroxyl groups is 1. The summed E-state index contributed by atoms with van der Waals surface area (Å²) in [5, 5.41) is 9.40. The highest BCUT2D eigenvalue weighted by molar-refractivity contribution is 5.85. The first-order chi connectivity index (χ1) is 10.8. The van der Waals surface area contributed by atoms with Gasteiger partial charge in [-0.1, -0.05) is 13.8 Å². The van der Waals surface area contributed by atoms with Crippen molar-refractivity contribution in [3.63, 3.8) is 0 Å². The van der Waals surface area contributed by atoms with Gasteiger partial charge in [-0.15, -0.1) is 24.8 Å². The lowest BCUT2D eigenvalue weighted by atomic mass is 10.1. The van der Waals surface area contributed by atoms with Crippen molar-refractivity contribution in [2.24, 2.45) is 11.7 Å². The van der Waals surface area contributed by atoms with Crippen LogP contribution in [0.3, 0.4) is 0 Å². The van der Waals surface area contributed by atoms with Crippen molar-refractivity contribution in [2.45, 2.75) is 44.7 Å². The summed E-state index contributed by atoms with van der Waals surface area (Å²) in [5.74, 6) is -0.526. The van der Waals surface area contributed by atoms with E-state index in [2.05, 4.69) is 4.98 Å². The van der Waals surface area contributed by atoms with Crippen LogP contribution in [0.25, 0.3) is 0 Å². The fourth-order valence-electron chi connectivity index (χ4n) is 2.30. The van der Waals surface area contributed by atoms with Crippen LogP contribution in [0.15, 0.2) is 17.1 Å². The minimum absolute atomic E-state index is 0. The Bertz CT molecular complexity index is 627. The number of nitrogen functional groups attached to an aromatic ring is 1. The average molecular weight is 399 g/mol. The molecule has 2 rings (SSSR count). The largest absolute Gasteiger partial charge is 0.458 e. The first-order valence-corrected chi connectivity index (χ1v) is 7.40. The van der Waals surface area contributed by atoms with Gasteiger partial charge in [0, 0.05) is 12.6 Å². The number of aromatic nitrogens is 2. The topological polar surface area (TPSA) is 143 Å². The Morgan fingerprint density at radius 3 is 2.68 bits per heavy atom. The fraction of sp³-hybridized carbons (Fsp3) is 0.643. The molecule has 9 nitrogen and oxygen atoms in total. The van der Waals surface area contributed by atoms with Crippen molar-refractivity contribution < 1.29 is 19.4 Å². The van der Waals surface area contributed by atoms with E-state index >= 15 is 0 Å². The van der Waals surface area contributed by atoms with Crippen LogP contribution in [0.1, 0.15) is 26.5 Å². The molecule has 0 aliphatic carbocycles. The summed E-state index contributed by atoms with van der Waals surface area (Å²) in [4.78, 5) is 27.4. The van der Waals surface area contributed by atoms with Crippen molar-refractivity contribution in [1.82, 2.24) is 9.55 Å². The van der Waals surface area contributed by atoms with Crippen LogP contribution < -0.4 is 17.2 Å². The molecule has 1 saturated heterocycles. The minimum atomic E-state index is -0.755. The zero-order chi connectivity index (χ0) is 17.1. The zero-order valence-electron chi connectivity index (χ0n) is 13.9. The summed E-state index contributed by atoms with van der Waals surface area (Å²) >= 11 is 0. The predicted molar refractivity (Wildman–Crippen MR) is 95.7 cm³/mol. The van der Waals surface area contributed by atoms with Crippen molar-refractivity contribution in [3.05, 3.63) is 22.7 Å². The number of carbonyl (C=O) groups excluding carboxylic acids is 1. The molecule has 2 heterocycles. The van der Waals surface area contributed by atoms with Crippen molar-refractivity contribution >= 4 is 36.6 Å². The monoisotopic (exact) mass is 398 g/mol. The van der Waals surface area contributed by atoms with Gasteiger partial charge in [0.05, 0.1) is 6.61 Å². The van der Waals surface area contributed by atoms with E-state index in [0.29, 0.717) is 0 Å². The van der Waals surface area contributed by atoms with Gasteiger partial charge < -0.3 is 26.0 Å². The Balaban J connectivity index is 0.00000288. The SMILES string of the molecule is CC(C)[C@H](N)C(=O)O[C@H]1C[C@@H](n2ccc(N)nc2=O)O[C@H]1CO.Cl.Cl. The Morgan fingerprint density at radius 2 is 2.16 bits per heavy atom. The van der Waals surface area contributed by atoms with E-state index in [4.69, 9.17) is 20.9 Å². The molecule has 0 amide bonds. The number of carbonyl (C=O) groups is 1. The lowest BCUT2D eigenvalue weighted by Gasteiger charge is -2.20. The number of esters is 1. The van der Waals surface area contributed by atoms with E-state index < -0.39 is 36.1 Å². The second kappa shape index (κ2) is 9.93. The smallest absolute Gasteiger partial charge is 0.351 e. The lowest BCUT2D eigenvalue weighted by Crippen LogP contribution is -2.41. The lowest BCUT2D eigenvalue weighted by molar-refractivity contribution is -0.155. The Morgan fingerprint density at radius 1 is 1.52 bits per heavy atom. The van der Waals surface area contributed by atoms with E-state index in [1.165, 1.54) is 16.8 Å². The second-order valence-electron chi connectivity index (χ2n) is 5.83. The first-order valence-electron chi connectivity index (χ1n) is 7.40. The van der Waals surface area contributed by atoms with E-state index in [1.807, 2.05) is 13.8 Å². The number of nitrogens with zero attached hydrogens (tertiary/aromatic N) is 2. The van der Waals surface area contributed by atoms with Crippen molar-refractivity contribution in [3.8, 4) is 0 Å². The molecule has 0 bridgehead atoms. The summed E-state index contributed by atoms with van der Waals surface area (Å²) < 4.78 is 12.2. The predicted octanol–water partition coefficient (Wildman–Crippen LogP) is -0.156. The second-order valence-corrected chi connectivity index (χ2v) is 5.83. The molecule has 0 aromatic carbocycles. The van der Waals surface area contributed by atoms with Crippen LogP contribution in [0.2, 0.25) is 0 Å². The molecule has 1 aromatic rings. The normalized spacial score (nSPS) is 23.5. The third-order valence-corrected chi connectivity index (χ3v) is 3.78. The van der Waals surface area contributed by atoms with Gasteiger partial charge in [-0.05, 0) is 12.0 Å². The molecule has 0 saturated carbocycles. The van der Waals surface area contributed by atoms with Crippen molar-refractivity contribution in [1.29, 1.82) is 0 Å². The molecule has 1 aliphatic heterocycles. The van der Waals surface area contributed by atoms with Gasteiger partial charge >= 0.3 is 11.7 Å². The van der Waals surface area contributed by atoms with Crippen molar-refractivity contribution in [2.75, 3.05) is 12.3 Å². The maximum Gasteiger partial charge on any atom is 0.351 e. The van der Waals surface area contributed by atoms with E-state index in [-0.39, 0.29) is 49.6 Å². The number of rotatable bonds is 5. The number of anilines is 1. The number of aliphatic hydroxyl groups excluding tert-OH is 1. The summed E-state index contributed by atoms with van der Waals surface area (Å²) in [6.07, 6.45) is -0.443. The van der Waals surface area contributed by atoms with Gasteiger partial charge in [0.15, 0.2) is 0 Å². The molecule has 25 heavy (non-hydrogen) atoms. The van der Waals surface area contributed by atoms with Crippen LogP contribution in [-0.2, 0) is 14.3 Å². The van der Waals surface area contributed by atoms with E-state index in [9.17, 15) is 14.7 Å². The molecule has 0 radical (unpaired) electrons. The molecule has 144 valence electrons. The molecule has 5 N–H and O–H groups in total. The number of hydrogen-bond acceptors (Lipinski definition) is 8. The summed E-state index contributed by atoms with van der Waals surface area (Å²) in [7, 11) is 0. The zero-order valence-corrected chi connectivity index (χ0v) is 15.5. The summed E-state index contributed by atoms with van der Waals surface area (Å²) in [5.41, 5.74) is 10.6. The number of halogens is 2. The Labute approximate surface area is 157 Å². The third-order valence-electron chi connectivity index (χ3n) is 3.78. The molecule has 1 fully saturated rings. The highest BCUT2D eigenvalue weighted by Gasteiger charge is 2.39. The highest BCUT2D eigenvalue weighted by Crippen LogP contribution is 2.30. The van der Waals surface area contributed by atoms with Gasteiger partial charge in [-0.3, -0.25) is 9.36 Å². The summed E-state index contributed by atoms with van der Waals surface area (Å²) in [6.45, 7) is 3.27. The van der Waals surface area contributed by atoms with Crippen LogP contribution >= 0.6 is 24.8 Å². The molecule has 11 heteroatoms. The van der Waals surface area contributed by atoms with Gasteiger partial charge in [-0.25, -0.2) is 4.79 Å². The number of nitrogens with two attached hydrogens (primary N) is 2. The standard InChI is InChI=1S/C14H22N4O5.2ClH/c1-7(2)12(16)13(20)23-8-5-11(22-9(8)6-19)18-4-3-10(15)17-14(18)21;;/h3-4,7-9,11-12,19H,5-6,16H2,1-2H3,(H2,15,17,21);2*1H/t8-,9-,11-,12-;;/m0../s1. The molecule has 0 spiro atoms. The quantitative estimate of drug-likeness (QED) is 0.580. The Kier molecular flexibility index (Phi) is 9.38. The van der Waals surface area contributed by atoms with E-state index in [0.717, 1.165) is 0 Å². The molecule has 4 atom stereocenters. The van der Waals surface area contributed by atoms with Crippen LogP contribution in [0, 0.1) is 5.92 Å². The maximum absolute atomic E-state index is 12.0. The number of ether oxygens (including phenoxy) is 2. The molecule has 1 aliphatic rings. The van der Waals surface area contributed by atoms with Gasteiger partial charge in [0.2, 0.25) is 0 Å². The van der Waals surface area contributed by atoms with E-state index in [1.54, 1.807) is 0 Å². The third kappa shape index (κ3) is 5.55. The van der Waals surface area contributed by atoms with Gasteiger partial charge in [0.1, 0.15) is 30.3 Å². The van der Waals surface area contributed by atoms with Crippen LogP contribution in [-0.4, -0.2) is 45.5 Å². The molecular weight excluding hydrogens is 375 g/mol. The summed E-state index contributed by atoms with van der Waals surface area (Å²) in [6, 6.07) is 0.710. The molecular formula is C14H24Cl2N4O5. The highest BCUT2D eigenvalue weighted by atomic mass is 35.5. The fourth-order valence-corrected chi connectivity index (χ4v) is 2.30. The number of hydrogen-bond donors (Lipinski definition) is 3. The van der Waals surface area contributed by atoms with Gasteiger partial charge in [-0.2, -0.15) is 4.98 Å². The molecule has 0 unspecified atom stereocenters.